The van der Waals surface area contributed by atoms with Crippen molar-refractivity contribution in [1.82, 2.24) is 10.2 Å². The molecule has 0 aliphatic carbocycles. The summed E-state index contributed by atoms with van der Waals surface area (Å²) in [5.74, 6) is 0.0824. The first kappa shape index (κ1) is 18.9. The van der Waals surface area contributed by atoms with Crippen molar-refractivity contribution in [3.63, 3.8) is 0 Å². The van der Waals surface area contributed by atoms with E-state index in [1.807, 2.05) is 13.8 Å². The summed E-state index contributed by atoms with van der Waals surface area (Å²) in [5, 5.41) is 2.90. The van der Waals surface area contributed by atoms with Gasteiger partial charge in [0.1, 0.15) is 0 Å². The molecule has 1 fully saturated rings. The lowest BCUT2D eigenvalue weighted by Crippen LogP contribution is -2.43. The van der Waals surface area contributed by atoms with Crippen molar-refractivity contribution in [2.75, 3.05) is 13.1 Å². The van der Waals surface area contributed by atoms with Crippen molar-refractivity contribution in [1.29, 1.82) is 0 Å². The number of halogens is 1. The second kappa shape index (κ2) is 9.13. The zero-order valence-electron chi connectivity index (χ0n) is 13.5. The van der Waals surface area contributed by atoms with Gasteiger partial charge in [0.25, 0.3) is 0 Å². The molecule has 1 saturated heterocycles. The predicted octanol–water partition coefficient (Wildman–Crippen LogP) is 2.30. The Bertz CT molecular complexity index is 455. The second-order valence-electron chi connectivity index (χ2n) is 6.29. The Morgan fingerprint density at radius 2 is 1.73 bits per heavy atom. The Balaban J connectivity index is 0.00000242. The van der Waals surface area contributed by atoms with Crippen molar-refractivity contribution in [2.24, 2.45) is 11.7 Å². The van der Waals surface area contributed by atoms with Gasteiger partial charge < -0.3 is 11.1 Å². The first-order valence-corrected chi connectivity index (χ1v) is 7.89. The number of nitrogens with one attached hydrogen (secondary N) is 1. The lowest BCUT2D eigenvalue weighted by atomic mass is 10.0. The number of rotatable bonds is 6. The number of amides is 1. The topological polar surface area (TPSA) is 58.4 Å². The molecule has 1 atom stereocenters. The largest absolute Gasteiger partial charge is 0.351 e. The van der Waals surface area contributed by atoms with Gasteiger partial charge in [-0.1, -0.05) is 38.1 Å². The van der Waals surface area contributed by atoms with Crippen LogP contribution in [-0.2, 0) is 17.9 Å². The van der Waals surface area contributed by atoms with E-state index < -0.39 is 6.04 Å². The molecule has 124 valence electrons. The Morgan fingerprint density at radius 1 is 1.18 bits per heavy atom. The van der Waals surface area contributed by atoms with Crippen LogP contribution in [0.5, 0.6) is 0 Å². The zero-order chi connectivity index (χ0) is 15.2. The maximum absolute atomic E-state index is 11.8. The third-order valence-electron chi connectivity index (χ3n) is 4.12. The first-order chi connectivity index (χ1) is 10.1. The normalized spacial score (nSPS) is 16.4. The molecule has 5 heteroatoms. The van der Waals surface area contributed by atoms with Gasteiger partial charge in [0.15, 0.2) is 0 Å². The fourth-order valence-corrected chi connectivity index (χ4v) is 2.57. The molecule has 1 aromatic rings. The van der Waals surface area contributed by atoms with E-state index in [0.29, 0.717) is 6.54 Å². The highest BCUT2D eigenvalue weighted by Crippen LogP contribution is 2.13. The van der Waals surface area contributed by atoms with Gasteiger partial charge in [-0.25, -0.2) is 0 Å². The van der Waals surface area contributed by atoms with Crippen LogP contribution in [0.25, 0.3) is 0 Å². The quantitative estimate of drug-likeness (QED) is 0.843. The smallest absolute Gasteiger partial charge is 0.237 e. The number of benzene rings is 1. The van der Waals surface area contributed by atoms with Crippen LogP contribution < -0.4 is 11.1 Å². The average Bonchev–Trinajstić information content (AvgIpc) is 2.98. The number of nitrogens with zero attached hydrogens (tertiary/aromatic N) is 1. The van der Waals surface area contributed by atoms with E-state index in [2.05, 4.69) is 34.5 Å². The molecule has 0 radical (unpaired) electrons. The number of hydrogen-bond acceptors (Lipinski definition) is 3. The van der Waals surface area contributed by atoms with Crippen LogP contribution in [0.4, 0.5) is 0 Å². The van der Waals surface area contributed by atoms with Gasteiger partial charge >= 0.3 is 0 Å². The fraction of sp³-hybridized carbons (Fsp3) is 0.588. The Morgan fingerprint density at radius 3 is 2.27 bits per heavy atom. The predicted molar refractivity (Wildman–Crippen MR) is 92.9 cm³/mol. The van der Waals surface area contributed by atoms with Crippen LogP contribution in [0.3, 0.4) is 0 Å². The maximum atomic E-state index is 11.8. The lowest BCUT2D eigenvalue weighted by molar-refractivity contribution is -0.123. The SMILES string of the molecule is CC(C)[C@H](N)C(=O)NCc1ccc(CN2CCCC2)cc1.Cl. The van der Waals surface area contributed by atoms with Crippen LogP contribution in [0.1, 0.15) is 37.8 Å². The summed E-state index contributed by atoms with van der Waals surface area (Å²) in [5.41, 5.74) is 8.28. The van der Waals surface area contributed by atoms with Crippen molar-refractivity contribution in [3.05, 3.63) is 35.4 Å². The molecular formula is C17H28ClN3O. The van der Waals surface area contributed by atoms with Gasteiger partial charge in [0.2, 0.25) is 5.91 Å². The molecule has 2 rings (SSSR count). The third kappa shape index (κ3) is 5.59. The summed E-state index contributed by atoms with van der Waals surface area (Å²) in [6.07, 6.45) is 2.64. The minimum absolute atomic E-state index is 0. The van der Waals surface area contributed by atoms with Crippen molar-refractivity contribution >= 4 is 18.3 Å². The average molecular weight is 326 g/mol. The number of carbonyl (C=O) groups excluding carboxylic acids is 1. The summed E-state index contributed by atoms with van der Waals surface area (Å²) >= 11 is 0. The highest BCUT2D eigenvalue weighted by Gasteiger charge is 2.16. The first-order valence-electron chi connectivity index (χ1n) is 7.89. The fourth-order valence-electron chi connectivity index (χ4n) is 2.57. The molecule has 3 N–H and O–H groups in total. The number of nitrogens with two attached hydrogens (primary N) is 1. The number of likely N-dealkylation sites (tertiary alicyclic amines) is 1. The standard InChI is InChI=1S/C17H27N3O.ClH/c1-13(2)16(18)17(21)19-11-14-5-7-15(8-6-14)12-20-9-3-4-10-20;/h5-8,13,16H,3-4,9-12,18H2,1-2H3,(H,19,21);1H/t16-;/m0./s1. The van der Waals surface area contributed by atoms with E-state index in [0.717, 1.165) is 12.1 Å². The van der Waals surface area contributed by atoms with E-state index in [1.54, 1.807) is 0 Å². The molecule has 0 bridgehead atoms. The van der Waals surface area contributed by atoms with Gasteiger partial charge in [-0.15, -0.1) is 12.4 Å². The summed E-state index contributed by atoms with van der Waals surface area (Å²) < 4.78 is 0. The summed E-state index contributed by atoms with van der Waals surface area (Å²) in [7, 11) is 0. The third-order valence-corrected chi connectivity index (χ3v) is 4.12. The molecule has 4 nitrogen and oxygen atoms in total. The van der Waals surface area contributed by atoms with Gasteiger partial charge in [-0.05, 0) is 43.0 Å². The molecule has 0 aromatic heterocycles. The number of carbonyl (C=O) groups is 1. The van der Waals surface area contributed by atoms with Crippen LogP contribution in [-0.4, -0.2) is 29.9 Å². The van der Waals surface area contributed by atoms with Crippen molar-refractivity contribution < 1.29 is 4.79 Å². The van der Waals surface area contributed by atoms with Gasteiger partial charge in [-0.3, -0.25) is 9.69 Å². The van der Waals surface area contributed by atoms with Crippen LogP contribution in [0.15, 0.2) is 24.3 Å². The summed E-state index contributed by atoms with van der Waals surface area (Å²) in [4.78, 5) is 14.3. The lowest BCUT2D eigenvalue weighted by Gasteiger charge is -2.16. The Hall–Kier alpha value is -1.10. The molecular weight excluding hydrogens is 298 g/mol. The molecule has 1 heterocycles. The van der Waals surface area contributed by atoms with Crippen LogP contribution >= 0.6 is 12.4 Å². The summed E-state index contributed by atoms with van der Waals surface area (Å²) in [6, 6.07) is 8.06. The second-order valence-corrected chi connectivity index (χ2v) is 6.29. The molecule has 22 heavy (non-hydrogen) atoms. The van der Waals surface area contributed by atoms with Crippen molar-refractivity contribution in [3.8, 4) is 0 Å². The Labute approximate surface area is 139 Å². The maximum Gasteiger partial charge on any atom is 0.237 e. The van der Waals surface area contributed by atoms with E-state index in [-0.39, 0.29) is 24.2 Å². The van der Waals surface area contributed by atoms with Gasteiger partial charge in [-0.2, -0.15) is 0 Å². The molecule has 1 aromatic carbocycles. The monoisotopic (exact) mass is 325 g/mol. The molecule has 1 aliphatic heterocycles. The van der Waals surface area contributed by atoms with Crippen LogP contribution in [0, 0.1) is 5.92 Å². The van der Waals surface area contributed by atoms with Gasteiger partial charge in [0.05, 0.1) is 6.04 Å². The minimum atomic E-state index is -0.431. The highest BCUT2D eigenvalue weighted by molar-refractivity contribution is 5.85. The van der Waals surface area contributed by atoms with E-state index >= 15 is 0 Å². The van der Waals surface area contributed by atoms with Crippen molar-refractivity contribution in [2.45, 2.75) is 45.8 Å². The van der Waals surface area contributed by atoms with Crippen LogP contribution in [0.2, 0.25) is 0 Å². The minimum Gasteiger partial charge on any atom is -0.351 e. The van der Waals surface area contributed by atoms with Gasteiger partial charge in [0, 0.05) is 13.1 Å². The Kier molecular flexibility index (Phi) is 7.87. The van der Waals surface area contributed by atoms with E-state index in [4.69, 9.17) is 5.73 Å². The zero-order valence-corrected chi connectivity index (χ0v) is 14.4. The molecule has 0 saturated carbocycles. The molecule has 0 spiro atoms. The van der Waals surface area contributed by atoms with E-state index in [9.17, 15) is 4.79 Å². The summed E-state index contributed by atoms with van der Waals surface area (Å²) in [6.45, 7) is 7.92. The van der Waals surface area contributed by atoms with E-state index in [1.165, 1.54) is 31.5 Å². The number of hydrogen-bond donors (Lipinski definition) is 2. The molecule has 0 unspecified atom stereocenters. The molecule has 1 amide bonds. The molecule has 1 aliphatic rings. The highest BCUT2D eigenvalue weighted by atomic mass is 35.5.